The van der Waals surface area contributed by atoms with Gasteiger partial charge in [0.1, 0.15) is 0 Å². The van der Waals surface area contributed by atoms with Gasteiger partial charge in [0.25, 0.3) is 0 Å². The van der Waals surface area contributed by atoms with E-state index in [1.54, 1.807) is 0 Å². The normalized spacial score (nSPS) is 15.7. The van der Waals surface area contributed by atoms with Gasteiger partial charge in [0.2, 0.25) is 5.91 Å². The number of amides is 1. The molecule has 3 aromatic carbocycles. The van der Waals surface area contributed by atoms with Crippen LogP contribution in [0.1, 0.15) is 35.4 Å². The van der Waals surface area contributed by atoms with Crippen LogP contribution in [0.15, 0.2) is 84.9 Å². The summed E-state index contributed by atoms with van der Waals surface area (Å²) in [6, 6.07) is 27.9. The van der Waals surface area contributed by atoms with E-state index in [9.17, 15) is 4.79 Å². The van der Waals surface area contributed by atoms with Gasteiger partial charge in [-0.3, -0.25) is 4.79 Å². The maximum absolute atomic E-state index is 13.5. The Kier molecular flexibility index (Phi) is 6.51. The van der Waals surface area contributed by atoms with Crippen molar-refractivity contribution in [3.05, 3.63) is 107 Å². The first kappa shape index (κ1) is 20.6. The molecule has 0 radical (unpaired) electrons. The molecule has 1 heterocycles. The van der Waals surface area contributed by atoms with Crippen LogP contribution in [-0.2, 0) is 14.9 Å². The summed E-state index contributed by atoms with van der Waals surface area (Å²) in [5.41, 5.74) is 2.97. The summed E-state index contributed by atoms with van der Waals surface area (Å²) >= 11 is 6.28. The first-order chi connectivity index (χ1) is 14.7. The highest BCUT2D eigenvalue weighted by Crippen LogP contribution is 2.36. The monoisotopic (exact) mass is 419 g/mol. The summed E-state index contributed by atoms with van der Waals surface area (Å²) in [6.07, 6.45) is 1.71. The molecule has 4 heteroatoms. The van der Waals surface area contributed by atoms with Crippen LogP contribution in [0.5, 0.6) is 0 Å². The zero-order valence-corrected chi connectivity index (χ0v) is 17.6. The summed E-state index contributed by atoms with van der Waals surface area (Å²) in [4.78, 5) is 13.5. The molecule has 0 aliphatic carbocycles. The maximum atomic E-state index is 13.5. The Morgan fingerprint density at radius 1 is 0.900 bits per heavy atom. The summed E-state index contributed by atoms with van der Waals surface area (Å²) in [7, 11) is 0. The molecule has 1 aliphatic rings. The van der Waals surface area contributed by atoms with Gasteiger partial charge in [-0.1, -0.05) is 84.4 Å². The third-order valence-electron chi connectivity index (χ3n) is 6.02. The number of hydrogen-bond donors (Lipinski definition) is 1. The van der Waals surface area contributed by atoms with E-state index in [4.69, 9.17) is 16.3 Å². The number of carbonyl (C=O) groups excluding carboxylic acids is 1. The largest absolute Gasteiger partial charge is 0.381 e. The Bertz CT molecular complexity index is 929. The molecular formula is C26H26ClNO2. The average Bonchev–Trinajstić information content (AvgIpc) is 2.80. The SMILES string of the molecule is O=C(NCC1(c2cccc(Cl)c2)CCOCC1)C(c1ccccc1)c1ccccc1. The zero-order chi connectivity index (χ0) is 20.8. The van der Waals surface area contributed by atoms with Gasteiger partial charge in [0.15, 0.2) is 0 Å². The van der Waals surface area contributed by atoms with E-state index in [-0.39, 0.29) is 17.2 Å². The van der Waals surface area contributed by atoms with Gasteiger partial charge in [0, 0.05) is 30.2 Å². The molecule has 1 aliphatic heterocycles. The first-order valence-electron chi connectivity index (χ1n) is 10.4. The van der Waals surface area contributed by atoms with Gasteiger partial charge in [-0.25, -0.2) is 0 Å². The number of rotatable bonds is 6. The third-order valence-corrected chi connectivity index (χ3v) is 6.25. The molecule has 0 unspecified atom stereocenters. The van der Waals surface area contributed by atoms with Crippen LogP contribution in [0, 0.1) is 0 Å². The van der Waals surface area contributed by atoms with Crippen LogP contribution >= 0.6 is 11.6 Å². The molecule has 0 spiro atoms. The van der Waals surface area contributed by atoms with E-state index < -0.39 is 0 Å². The molecule has 30 heavy (non-hydrogen) atoms. The molecule has 0 bridgehead atoms. The van der Waals surface area contributed by atoms with Crippen LogP contribution in [-0.4, -0.2) is 25.7 Å². The van der Waals surface area contributed by atoms with Crippen molar-refractivity contribution in [2.24, 2.45) is 0 Å². The van der Waals surface area contributed by atoms with E-state index in [0.29, 0.717) is 19.8 Å². The molecule has 0 aromatic heterocycles. The van der Waals surface area contributed by atoms with Crippen molar-refractivity contribution in [2.75, 3.05) is 19.8 Å². The minimum Gasteiger partial charge on any atom is -0.381 e. The Morgan fingerprint density at radius 3 is 2.07 bits per heavy atom. The molecule has 0 saturated carbocycles. The Hall–Kier alpha value is -2.62. The lowest BCUT2D eigenvalue weighted by molar-refractivity contribution is -0.122. The van der Waals surface area contributed by atoms with Crippen LogP contribution in [0.25, 0.3) is 0 Å². The number of ether oxygens (including phenoxy) is 1. The van der Waals surface area contributed by atoms with E-state index in [1.165, 1.54) is 0 Å². The quantitative estimate of drug-likeness (QED) is 0.585. The molecule has 4 rings (SSSR count). The number of carbonyl (C=O) groups is 1. The highest BCUT2D eigenvalue weighted by Gasteiger charge is 2.36. The summed E-state index contributed by atoms with van der Waals surface area (Å²) in [6.45, 7) is 1.93. The number of nitrogens with one attached hydrogen (secondary N) is 1. The Balaban J connectivity index is 1.60. The molecule has 154 valence electrons. The molecule has 3 aromatic rings. The predicted molar refractivity (Wildman–Crippen MR) is 121 cm³/mol. The van der Waals surface area contributed by atoms with Crippen molar-refractivity contribution < 1.29 is 9.53 Å². The molecule has 3 nitrogen and oxygen atoms in total. The topological polar surface area (TPSA) is 38.3 Å². The van der Waals surface area contributed by atoms with Crippen molar-refractivity contribution in [1.29, 1.82) is 0 Å². The summed E-state index contributed by atoms with van der Waals surface area (Å²) < 4.78 is 5.62. The van der Waals surface area contributed by atoms with Crippen molar-refractivity contribution in [3.63, 3.8) is 0 Å². The lowest BCUT2D eigenvalue weighted by atomic mass is 9.74. The van der Waals surface area contributed by atoms with Gasteiger partial charge in [-0.15, -0.1) is 0 Å². The molecule has 1 amide bonds. The second-order valence-corrected chi connectivity index (χ2v) is 8.31. The van der Waals surface area contributed by atoms with Crippen LogP contribution < -0.4 is 5.32 Å². The fourth-order valence-electron chi connectivity index (χ4n) is 4.29. The van der Waals surface area contributed by atoms with Crippen LogP contribution in [0.2, 0.25) is 5.02 Å². The van der Waals surface area contributed by atoms with Gasteiger partial charge in [-0.05, 0) is 41.7 Å². The molecule has 1 fully saturated rings. The van der Waals surface area contributed by atoms with Crippen molar-refractivity contribution in [2.45, 2.75) is 24.2 Å². The molecule has 1 N–H and O–H groups in total. The van der Waals surface area contributed by atoms with Gasteiger partial charge in [-0.2, -0.15) is 0 Å². The minimum atomic E-state index is -0.344. The van der Waals surface area contributed by atoms with Crippen molar-refractivity contribution >= 4 is 17.5 Å². The van der Waals surface area contributed by atoms with Gasteiger partial charge < -0.3 is 10.1 Å². The van der Waals surface area contributed by atoms with E-state index in [1.807, 2.05) is 78.9 Å². The standard InChI is InChI=1S/C26H26ClNO2/c27-23-13-7-12-22(18-23)26(14-16-30-17-15-26)19-28-25(29)24(20-8-3-1-4-9-20)21-10-5-2-6-11-21/h1-13,18,24H,14-17,19H2,(H,28,29). The fourth-order valence-corrected chi connectivity index (χ4v) is 4.48. The van der Waals surface area contributed by atoms with Gasteiger partial charge in [0.05, 0.1) is 5.92 Å². The Morgan fingerprint density at radius 2 is 1.50 bits per heavy atom. The van der Waals surface area contributed by atoms with Crippen LogP contribution in [0.4, 0.5) is 0 Å². The second-order valence-electron chi connectivity index (χ2n) is 7.88. The summed E-state index contributed by atoms with van der Waals surface area (Å²) in [5, 5.41) is 3.99. The summed E-state index contributed by atoms with van der Waals surface area (Å²) in [5.74, 6) is -0.330. The second kappa shape index (κ2) is 9.46. The lowest BCUT2D eigenvalue weighted by Gasteiger charge is -2.38. The fraction of sp³-hybridized carbons (Fsp3) is 0.269. The van der Waals surface area contributed by atoms with E-state index in [2.05, 4.69) is 11.4 Å². The molecule has 0 atom stereocenters. The number of hydrogen-bond acceptors (Lipinski definition) is 2. The first-order valence-corrected chi connectivity index (χ1v) is 10.8. The predicted octanol–water partition coefficient (Wildman–Crippen LogP) is 5.34. The van der Waals surface area contributed by atoms with Gasteiger partial charge >= 0.3 is 0 Å². The van der Waals surface area contributed by atoms with Crippen LogP contribution in [0.3, 0.4) is 0 Å². The number of benzene rings is 3. The highest BCUT2D eigenvalue weighted by atomic mass is 35.5. The zero-order valence-electron chi connectivity index (χ0n) is 16.9. The molecule has 1 saturated heterocycles. The average molecular weight is 420 g/mol. The molecular weight excluding hydrogens is 394 g/mol. The van der Waals surface area contributed by atoms with E-state index >= 15 is 0 Å². The lowest BCUT2D eigenvalue weighted by Crippen LogP contribution is -2.45. The van der Waals surface area contributed by atoms with E-state index in [0.717, 1.165) is 34.6 Å². The highest BCUT2D eigenvalue weighted by molar-refractivity contribution is 6.30. The van der Waals surface area contributed by atoms with Crippen molar-refractivity contribution in [1.82, 2.24) is 5.32 Å². The number of halogens is 1. The Labute approximate surface area is 183 Å². The maximum Gasteiger partial charge on any atom is 0.232 e. The van der Waals surface area contributed by atoms with Crippen molar-refractivity contribution in [3.8, 4) is 0 Å². The third kappa shape index (κ3) is 4.58. The minimum absolute atomic E-state index is 0.0142. The smallest absolute Gasteiger partial charge is 0.232 e.